The van der Waals surface area contributed by atoms with E-state index < -0.39 is 11.9 Å². The maximum absolute atomic E-state index is 10.5. The molecule has 0 aromatic carbocycles. The van der Waals surface area contributed by atoms with Crippen LogP contribution in [0.2, 0.25) is 0 Å². The molecule has 0 fully saturated rings. The van der Waals surface area contributed by atoms with Crippen molar-refractivity contribution in [2.45, 2.75) is 13.8 Å². The zero-order valence-electron chi connectivity index (χ0n) is 7.35. The van der Waals surface area contributed by atoms with Gasteiger partial charge in [-0.1, -0.05) is 12.2 Å². The van der Waals surface area contributed by atoms with Crippen LogP contribution in [0.1, 0.15) is 13.8 Å². The predicted octanol–water partition coefficient (Wildman–Crippen LogP) is 1.07. The van der Waals surface area contributed by atoms with Gasteiger partial charge in [0.25, 0.3) is 0 Å². The van der Waals surface area contributed by atoms with Gasteiger partial charge in [-0.25, -0.2) is 9.59 Å². The van der Waals surface area contributed by atoms with Gasteiger partial charge >= 0.3 is 11.9 Å². The van der Waals surface area contributed by atoms with Crippen LogP contribution in [0, 0.1) is 0 Å². The van der Waals surface area contributed by atoms with Crippen LogP contribution in [0.15, 0.2) is 24.3 Å². The monoisotopic (exact) mass is 186 g/mol. The number of allylic oxidation sites excluding steroid dienone is 2. The number of hydrogen-bond donors (Lipinski definition) is 0. The van der Waals surface area contributed by atoms with E-state index in [2.05, 4.69) is 14.8 Å². The number of carbonyl (C=O) groups excluding carboxylic acids is 2. The molecule has 0 bridgehead atoms. The highest BCUT2D eigenvalue weighted by Crippen LogP contribution is 1.87. The standard InChI is InChI=1S/C8H10O5/c1-3-5-7(9)11-13-12-8(10)6-4-2/h3-6H,1-2H3. The van der Waals surface area contributed by atoms with Gasteiger partial charge in [-0.05, 0) is 13.8 Å². The molecule has 0 radical (unpaired) electrons. The van der Waals surface area contributed by atoms with Crippen LogP contribution in [0.25, 0.3) is 0 Å². The minimum absolute atomic E-state index is 0.754. The molecular weight excluding hydrogens is 176 g/mol. The average Bonchev–Trinajstić information content (AvgIpc) is 2.05. The summed E-state index contributed by atoms with van der Waals surface area (Å²) < 4.78 is 0. The highest BCUT2D eigenvalue weighted by Gasteiger charge is 2.01. The van der Waals surface area contributed by atoms with Crippen molar-refractivity contribution in [3.63, 3.8) is 0 Å². The number of rotatable bonds is 4. The van der Waals surface area contributed by atoms with Gasteiger partial charge in [0.15, 0.2) is 0 Å². The van der Waals surface area contributed by atoms with Crippen LogP contribution in [-0.4, -0.2) is 11.9 Å². The molecule has 0 unspecified atom stereocenters. The maximum Gasteiger partial charge on any atom is 0.369 e. The van der Waals surface area contributed by atoms with Crippen molar-refractivity contribution in [3.8, 4) is 0 Å². The summed E-state index contributed by atoms with van der Waals surface area (Å²) in [7, 11) is 0. The first kappa shape index (κ1) is 11.4. The van der Waals surface area contributed by atoms with E-state index in [9.17, 15) is 9.59 Å². The third-order valence-electron chi connectivity index (χ3n) is 0.838. The lowest BCUT2D eigenvalue weighted by atomic mass is 10.5. The molecule has 0 amide bonds. The number of hydrogen-bond acceptors (Lipinski definition) is 5. The SMILES string of the molecule is CC=CC(=O)OOOC(=O)C=CC. The van der Waals surface area contributed by atoms with E-state index in [1.807, 2.05) is 0 Å². The molecule has 0 aromatic rings. The molecule has 0 saturated carbocycles. The van der Waals surface area contributed by atoms with Crippen LogP contribution in [0.4, 0.5) is 0 Å². The Morgan fingerprint density at radius 2 is 1.31 bits per heavy atom. The molecule has 0 N–H and O–H groups in total. The molecule has 72 valence electrons. The van der Waals surface area contributed by atoms with E-state index in [1.54, 1.807) is 13.8 Å². The Bertz CT molecular complexity index is 205. The lowest BCUT2D eigenvalue weighted by Gasteiger charge is -1.96. The van der Waals surface area contributed by atoms with E-state index in [-0.39, 0.29) is 0 Å². The summed E-state index contributed by atoms with van der Waals surface area (Å²) in [5, 5.41) is 3.86. The van der Waals surface area contributed by atoms with Crippen LogP contribution in [0.3, 0.4) is 0 Å². The molecule has 0 spiro atoms. The van der Waals surface area contributed by atoms with Gasteiger partial charge in [0.2, 0.25) is 0 Å². The quantitative estimate of drug-likeness (QED) is 0.373. The zero-order valence-corrected chi connectivity index (χ0v) is 7.35. The zero-order chi connectivity index (χ0) is 10.1. The normalized spacial score (nSPS) is 10.6. The van der Waals surface area contributed by atoms with Crippen LogP contribution in [0.5, 0.6) is 0 Å². The minimum atomic E-state index is -0.754. The van der Waals surface area contributed by atoms with Crippen molar-refractivity contribution < 1.29 is 24.4 Å². The average molecular weight is 186 g/mol. The van der Waals surface area contributed by atoms with Gasteiger partial charge in [0, 0.05) is 17.2 Å². The van der Waals surface area contributed by atoms with Crippen molar-refractivity contribution >= 4 is 11.9 Å². The molecule has 5 heteroatoms. The van der Waals surface area contributed by atoms with E-state index >= 15 is 0 Å². The van der Waals surface area contributed by atoms with Crippen molar-refractivity contribution in [2.24, 2.45) is 0 Å². The predicted molar refractivity (Wildman–Crippen MR) is 42.9 cm³/mol. The van der Waals surface area contributed by atoms with Crippen molar-refractivity contribution in [3.05, 3.63) is 24.3 Å². The molecule has 0 aromatic heterocycles. The van der Waals surface area contributed by atoms with E-state index in [1.165, 1.54) is 12.2 Å². The van der Waals surface area contributed by atoms with Gasteiger partial charge in [0.1, 0.15) is 0 Å². The van der Waals surface area contributed by atoms with Gasteiger partial charge < -0.3 is 0 Å². The van der Waals surface area contributed by atoms with E-state index in [0.29, 0.717) is 0 Å². The number of carbonyl (C=O) groups is 2. The summed E-state index contributed by atoms with van der Waals surface area (Å²) in [5.41, 5.74) is 0. The third kappa shape index (κ3) is 6.77. The fourth-order valence-electron chi connectivity index (χ4n) is 0.412. The smallest absolute Gasteiger partial charge is 0.255 e. The molecule has 5 nitrogen and oxygen atoms in total. The Morgan fingerprint density at radius 1 is 0.923 bits per heavy atom. The first-order chi connectivity index (χ1) is 6.20. The molecule has 0 aliphatic rings. The third-order valence-corrected chi connectivity index (χ3v) is 0.838. The molecule has 0 heterocycles. The van der Waals surface area contributed by atoms with Gasteiger partial charge in [-0.15, -0.1) is 0 Å². The molecule has 13 heavy (non-hydrogen) atoms. The fourth-order valence-corrected chi connectivity index (χ4v) is 0.412. The summed E-state index contributed by atoms with van der Waals surface area (Å²) in [5.74, 6) is -1.51. The first-order valence-corrected chi connectivity index (χ1v) is 3.55. The first-order valence-electron chi connectivity index (χ1n) is 3.55. The highest BCUT2D eigenvalue weighted by molar-refractivity contribution is 5.82. The minimum Gasteiger partial charge on any atom is -0.255 e. The molecule has 0 saturated heterocycles. The second-order valence-corrected chi connectivity index (χ2v) is 1.87. The summed E-state index contributed by atoms with van der Waals surface area (Å²) in [6.07, 6.45) is 5.14. The van der Waals surface area contributed by atoms with Crippen LogP contribution >= 0.6 is 0 Å². The second-order valence-electron chi connectivity index (χ2n) is 1.87. The Labute approximate surface area is 75.4 Å². The van der Waals surface area contributed by atoms with Gasteiger partial charge in [-0.2, -0.15) is 0 Å². The molecule has 0 atom stereocenters. The largest absolute Gasteiger partial charge is 0.369 e. The Hall–Kier alpha value is -1.62. The van der Waals surface area contributed by atoms with E-state index in [0.717, 1.165) is 12.2 Å². The van der Waals surface area contributed by atoms with Crippen LogP contribution in [-0.2, 0) is 24.4 Å². The van der Waals surface area contributed by atoms with E-state index in [4.69, 9.17) is 0 Å². The molecule has 0 aliphatic carbocycles. The lowest BCUT2D eigenvalue weighted by Crippen LogP contribution is -2.06. The molecule has 0 rings (SSSR count). The summed E-state index contributed by atoms with van der Waals surface area (Å²) >= 11 is 0. The van der Waals surface area contributed by atoms with Gasteiger partial charge in [0.05, 0.1) is 0 Å². The topological polar surface area (TPSA) is 61.8 Å². The second kappa shape index (κ2) is 7.05. The van der Waals surface area contributed by atoms with Crippen molar-refractivity contribution in [1.82, 2.24) is 0 Å². The Morgan fingerprint density at radius 3 is 1.62 bits per heavy atom. The van der Waals surface area contributed by atoms with Gasteiger partial charge in [-0.3, -0.25) is 9.78 Å². The fraction of sp³-hybridized carbons (Fsp3) is 0.250. The molecule has 0 aliphatic heterocycles. The summed E-state index contributed by atoms with van der Waals surface area (Å²) in [4.78, 5) is 29.1. The van der Waals surface area contributed by atoms with Crippen molar-refractivity contribution in [1.29, 1.82) is 0 Å². The summed E-state index contributed by atoms with van der Waals surface area (Å²) in [6.45, 7) is 3.26. The Kier molecular flexibility index (Phi) is 6.17. The van der Waals surface area contributed by atoms with Crippen molar-refractivity contribution in [2.75, 3.05) is 0 Å². The highest BCUT2D eigenvalue weighted by atomic mass is 17.5. The Balaban J connectivity index is 3.56. The van der Waals surface area contributed by atoms with Crippen LogP contribution < -0.4 is 0 Å². The lowest BCUT2D eigenvalue weighted by molar-refractivity contribution is -0.455. The molecular formula is C8H10O5. The maximum atomic E-state index is 10.5. The summed E-state index contributed by atoms with van der Waals surface area (Å²) in [6, 6.07) is 0.